The highest BCUT2D eigenvalue weighted by molar-refractivity contribution is 5.89. The monoisotopic (exact) mass is 462 g/mol. The number of nitro benzene ring substituents is 1. The van der Waals surface area contributed by atoms with E-state index in [1.54, 1.807) is 39.1 Å². The third-order valence-electron chi connectivity index (χ3n) is 4.51. The van der Waals surface area contributed by atoms with Crippen LogP contribution in [0.3, 0.4) is 0 Å². The molecule has 0 aliphatic carbocycles. The first kappa shape index (κ1) is 22.6. The highest BCUT2D eigenvalue weighted by atomic mass is 16.6. The smallest absolute Gasteiger partial charge is 0.412 e. The third-order valence-corrected chi connectivity index (χ3v) is 4.51. The van der Waals surface area contributed by atoms with Crippen LogP contribution in [-0.4, -0.2) is 41.2 Å². The predicted molar refractivity (Wildman–Crippen MR) is 125 cm³/mol. The summed E-state index contributed by atoms with van der Waals surface area (Å²) in [4.78, 5) is 36.2. The number of pyridine rings is 1. The van der Waals surface area contributed by atoms with Crippen molar-refractivity contribution in [3.63, 3.8) is 0 Å². The van der Waals surface area contributed by atoms with Crippen LogP contribution in [0.4, 0.5) is 27.8 Å². The number of aromatic nitrogens is 5. The van der Waals surface area contributed by atoms with E-state index in [1.165, 1.54) is 22.8 Å². The van der Waals surface area contributed by atoms with Crippen molar-refractivity contribution >= 4 is 34.8 Å². The van der Waals surface area contributed by atoms with Gasteiger partial charge in [0.05, 0.1) is 16.8 Å². The van der Waals surface area contributed by atoms with E-state index in [9.17, 15) is 14.9 Å². The van der Waals surface area contributed by atoms with Gasteiger partial charge in [0.15, 0.2) is 11.5 Å². The van der Waals surface area contributed by atoms with Gasteiger partial charge in [-0.15, -0.1) is 5.10 Å². The zero-order valence-corrected chi connectivity index (χ0v) is 18.9. The number of carbonyl (C=O) groups is 1. The second kappa shape index (κ2) is 8.73. The summed E-state index contributed by atoms with van der Waals surface area (Å²) in [5.41, 5.74) is 1.45. The lowest BCUT2D eigenvalue weighted by Gasteiger charge is -2.19. The van der Waals surface area contributed by atoms with Crippen LogP contribution in [0, 0.1) is 17.0 Å². The van der Waals surface area contributed by atoms with Crippen LogP contribution in [0.1, 0.15) is 26.5 Å². The van der Waals surface area contributed by atoms with Gasteiger partial charge in [0.25, 0.3) is 5.69 Å². The number of nitrogens with zero attached hydrogens (tertiary/aromatic N) is 6. The van der Waals surface area contributed by atoms with Gasteiger partial charge in [-0.25, -0.2) is 9.78 Å². The van der Waals surface area contributed by atoms with Gasteiger partial charge in [-0.1, -0.05) is 0 Å². The van der Waals surface area contributed by atoms with Crippen LogP contribution in [-0.2, 0) is 4.74 Å². The minimum Gasteiger partial charge on any atom is -0.444 e. The molecule has 0 saturated carbocycles. The lowest BCUT2D eigenvalue weighted by Crippen LogP contribution is -2.27. The molecule has 3 heterocycles. The number of amides is 1. The Morgan fingerprint density at radius 3 is 2.62 bits per heavy atom. The molecule has 4 rings (SSSR count). The Morgan fingerprint density at radius 2 is 1.94 bits per heavy atom. The van der Waals surface area contributed by atoms with E-state index >= 15 is 0 Å². The first-order chi connectivity index (χ1) is 16.1. The Balaban J connectivity index is 1.67. The van der Waals surface area contributed by atoms with Crippen molar-refractivity contribution in [2.75, 3.05) is 10.6 Å². The summed E-state index contributed by atoms with van der Waals surface area (Å²) in [6.07, 6.45) is 2.41. The zero-order valence-electron chi connectivity index (χ0n) is 18.9. The largest absolute Gasteiger partial charge is 0.444 e. The van der Waals surface area contributed by atoms with Crippen LogP contribution >= 0.6 is 0 Å². The van der Waals surface area contributed by atoms with E-state index in [1.807, 2.05) is 19.1 Å². The lowest BCUT2D eigenvalue weighted by molar-refractivity contribution is -0.383. The number of carbonyl (C=O) groups excluding carboxylic acids is 1. The van der Waals surface area contributed by atoms with Crippen molar-refractivity contribution in [3.8, 4) is 11.4 Å². The summed E-state index contributed by atoms with van der Waals surface area (Å²) < 4.78 is 6.66. The summed E-state index contributed by atoms with van der Waals surface area (Å²) in [6.45, 7) is 6.99. The number of anilines is 3. The minimum atomic E-state index is -0.791. The molecule has 12 heteroatoms. The molecule has 0 atom stereocenters. The first-order valence-electron chi connectivity index (χ1n) is 10.3. The van der Waals surface area contributed by atoms with Crippen molar-refractivity contribution in [2.45, 2.75) is 33.3 Å². The van der Waals surface area contributed by atoms with Gasteiger partial charge in [0.2, 0.25) is 5.95 Å². The molecule has 12 nitrogen and oxygen atoms in total. The third kappa shape index (κ3) is 5.06. The Hall–Kier alpha value is -4.61. The number of rotatable bonds is 5. The average Bonchev–Trinajstić information content (AvgIpc) is 3.16. The number of fused-ring (bicyclic) bond motifs is 1. The molecule has 0 fully saturated rings. The molecular formula is C22H22N8O4. The second-order valence-corrected chi connectivity index (χ2v) is 8.40. The summed E-state index contributed by atoms with van der Waals surface area (Å²) in [7, 11) is 0. The predicted octanol–water partition coefficient (Wildman–Crippen LogP) is 4.49. The van der Waals surface area contributed by atoms with E-state index in [-0.39, 0.29) is 11.4 Å². The number of hydrogen-bond donors (Lipinski definition) is 2. The second-order valence-electron chi connectivity index (χ2n) is 8.40. The quantitative estimate of drug-likeness (QED) is 0.323. The van der Waals surface area contributed by atoms with Crippen molar-refractivity contribution in [1.29, 1.82) is 0 Å². The van der Waals surface area contributed by atoms with E-state index in [4.69, 9.17) is 4.74 Å². The molecule has 0 unspecified atom stereocenters. The topological polar surface area (TPSA) is 149 Å². The normalized spacial score (nSPS) is 11.3. The van der Waals surface area contributed by atoms with Crippen molar-refractivity contribution in [2.24, 2.45) is 0 Å². The lowest BCUT2D eigenvalue weighted by atomic mass is 10.1. The minimum absolute atomic E-state index is 0.00277. The highest BCUT2D eigenvalue weighted by Crippen LogP contribution is 2.30. The van der Waals surface area contributed by atoms with Gasteiger partial charge in [0, 0.05) is 29.6 Å². The number of nitrogens with one attached hydrogen (secondary N) is 2. The fourth-order valence-corrected chi connectivity index (χ4v) is 3.08. The van der Waals surface area contributed by atoms with Gasteiger partial charge in [-0.3, -0.25) is 20.4 Å². The van der Waals surface area contributed by atoms with E-state index in [0.29, 0.717) is 28.7 Å². The summed E-state index contributed by atoms with van der Waals surface area (Å²) in [5, 5.41) is 21.6. The molecule has 0 aliphatic heterocycles. The maximum absolute atomic E-state index is 12.1. The maximum Gasteiger partial charge on any atom is 0.412 e. The van der Waals surface area contributed by atoms with Crippen molar-refractivity contribution < 1.29 is 14.5 Å². The van der Waals surface area contributed by atoms with Gasteiger partial charge < -0.3 is 10.1 Å². The van der Waals surface area contributed by atoms with Crippen LogP contribution in [0.2, 0.25) is 0 Å². The highest BCUT2D eigenvalue weighted by Gasteiger charge is 2.22. The molecule has 3 aromatic heterocycles. The molecule has 0 aliphatic rings. The number of benzene rings is 1. The molecule has 0 radical (unpaired) electrons. The Bertz CT molecular complexity index is 1380. The van der Waals surface area contributed by atoms with Crippen LogP contribution < -0.4 is 10.6 Å². The van der Waals surface area contributed by atoms with E-state index < -0.39 is 16.6 Å². The standard InChI is InChI=1S/C22H22N8O4/c1-13-5-7-15(12-24-13)25-20-27-18-9-10-23-19(29(18)28-20)14-6-8-16(17(11-14)30(32)33)26-21(31)34-22(2,3)4/h5-12H,1-4H3,(H,25,28)(H,26,31). The molecule has 174 valence electrons. The SMILES string of the molecule is Cc1ccc(Nc2nc3ccnc(-c4ccc(NC(=O)OC(C)(C)C)c([N+](=O)[O-])c4)n3n2)cn1. The molecule has 1 amide bonds. The summed E-state index contributed by atoms with van der Waals surface area (Å²) >= 11 is 0. The number of ether oxygens (including phenoxy) is 1. The van der Waals surface area contributed by atoms with Gasteiger partial charge in [0.1, 0.15) is 11.3 Å². The number of hydrogen-bond acceptors (Lipinski definition) is 9. The Labute approximate surface area is 194 Å². The maximum atomic E-state index is 12.1. The van der Waals surface area contributed by atoms with Crippen molar-refractivity contribution in [1.82, 2.24) is 24.6 Å². The van der Waals surface area contributed by atoms with E-state index in [0.717, 1.165) is 5.69 Å². The fourth-order valence-electron chi connectivity index (χ4n) is 3.08. The molecule has 4 aromatic rings. The molecule has 0 saturated heterocycles. The first-order valence-corrected chi connectivity index (χ1v) is 10.3. The molecule has 0 spiro atoms. The summed E-state index contributed by atoms with van der Waals surface area (Å²) in [6, 6.07) is 9.71. The van der Waals surface area contributed by atoms with Crippen LogP contribution in [0.25, 0.3) is 17.0 Å². The molecule has 0 bridgehead atoms. The fraction of sp³-hybridized carbons (Fsp3) is 0.227. The molecule has 34 heavy (non-hydrogen) atoms. The Morgan fingerprint density at radius 1 is 1.15 bits per heavy atom. The molecule has 1 aromatic carbocycles. The summed E-state index contributed by atoms with van der Waals surface area (Å²) in [5.74, 6) is 0.657. The molecular weight excluding hydrogens is 440 g/mol. The number of aryl methyl sites for hydroxylation is 1. The van der Waals surface area contributed by atoms with E-state index in [2.05, 4.69) is 30.7 Å². The van der Waals surface area contributed by atoms with Gasteiger partial charge in [-0.2, -0.15) is 9.50 Å². The van der Waals surface area contributed by atoms with Crippen molar-refractivity contribution in [3.05, 3.63) is 64.6 Å². The Kier molecular flexibility index (Phi) is 5.80. The van der Waals surface area contributed by atoms with Crippen LogP contribution in [0.5, 0.6) is 0 Å². The zero-order chi connectivity index (χ0) is 24.5. The van der Waals surface area contributed by atoms with Gasteiger partial charge >= 0.3 is 6.09 Å². The average molecular weight is 462 g/mol. The van der Waals surface area contributed by atoms with Crippen LogP contribution in [0.15, 0.2) is 48.8 Å². The number of nitro groups is 1. The molecule has 2 N–H and O–H groups in total. The van der Waals surface area contributed by atoms with Gasteiger partial charge in [-0.05, 0) is 52.0 Å².